The summed E-state index contributed by atoms with van der Waals surface area (Å²) >= 11 is 0. The van der Waals surface area contributed by atoms with Crippen molar-refractivity contribution in [3.8, 4) is 22.6 Å². The zero-order chi connectivity index (χ0) is 21.5. The van der Waals surface area contributed by atoms with Gasteiger partial charge in [-0.05, 0) is 78.8 Å². The maximum atomic E-state index is 10.7. The maximum absolute atomic E-state index is 10.7. The first-order valence-electron chi connectivity index (χ1n) is 11.1. The van der Waals surface area contributed by atoms with Gasteiger partial charge in [0, 0.05) is 16.5 Å². The molecule has 0 radical (unpaired) electrons. The summed E-state index contributed by atoms with van der Waals surface area (Å²) in [7, 11) is 0. The Kier molecular flexibility index (Phi) is 5.30. The molecule has 2 unspecified atom stereocenters. The Labute approximate surface area is 181 Å². The lowest BCUT2D eigenvalue weighted by molar-refractivity contribution is 0.0305. The van der Waals surface area contributed by atoms with E-state index in [-0.39, 0.29) is 17.3 Å². The van der Waals surface area contributed by atoms with Gasteiger partial charge in [-0.3, -0.25) is 0 Å². The molecule has 2 aliphatic carbocycles. The van der Waals surface area contributed by atoms with Crippen molar-refractivity contribution >= 4 is 0 Å². The molecule has 0 spiro atoms. The largest absolute Gasteiger partial charge is 0.507 e. The molecule has 2 bridgehead atoms. The zero-order valence-electron chi connectivity index (χ0n) is 18.6. The Bertz CT molecular complexity index is 971. The quantitative estimate of drug-likeness (QED) is 0.500. The Morgan fingerprint density at radius 3 is 2.20 bits per heavy atom. The van der Waals surface area contributed by atoms with E-state index in [2.05, 4.69) is 58.2 Å². The van der Waals surface area contributed by atoms with E-state index < -0.39 is 0 Å². The van der Waals surface area contributed by atoms with Gasteiger partial charge in [-0.25, -0.2) is 0 Å². The average molecular weight is 403 g/mol. The summed E-state index contributed by atoms with van der Waals surface area (Å²) in [6.45, 7) is 14.9. The molecule has 2 aromatic rings. The van der Waals surface area contributed by atoms with Gasteiger partial charge in [-0.1, -0.05) is 45.1 Å². The second-order valence-electron chi connectivity index (χ2n) is 9.88. The molecular formula is C28H34O2. The van der Waals surface area contributed by atoms with Crippen LogP contribution in [0.5, 0.6) is 11.5 Å². The molecule has 2 saturated carbocycles. The van der Waals surface area contributed by atoms with Crippen LogP contribution in [0, 0.1) is 16.7 Å². The second-order valence-corrected chi connectivity index (χ2v) is 9.88. The molecule has 30 heavy (non-hydrogen) atoms. The van der Waals surface area contributed by atoms with Crippen LogP contribution in [0.15, 0.2) is 61.7 Å². The molecule has 0 aliphatic heterocycles. The summed E-state index contributed by atoms with van der Waals surface area (Å²) in [5.74, 6) is 1.87. The minimum atomic E-state index is 0.182. The first kappa shape index (κ1) is 20.8. The van der Waals surface area contributed by atoms with E-state index in [9.17, 15) is 5.11 Å². The highest BCUT2D eigenvalue weighted by atomic mass is 16.5. The Balaban J connectivity index is 1.76. The zero-order valence-corrected chi connectivity index (χ0v) is 18.6. The first-order chi connectivity index (χ1) is 14.3. The lowest BCUT2D eigenvalue weighted by Gasteiger charge is -2.39. The van der Waals surface area contributed by atoms with Crippen LogP contribution in [0.3, 0.4) is 0 Å². The van der Waals surface area contributed by atoms with Crippen LogP contribution in [0.1, 0.15) is 51.2 Å². The highest BCUT2D eigenvalue weighted by Gasteiger charge is 2.62. The molecular weight excluding hydrogens is 368 g/mol. The van der Waals surface area contributed by atoms with Gasteiger partial charge in [-0.2, -0.15) is 0 Å². The Hall–Kier alpha value is -2.48. The summed E-state index contributed by atoms with van der Waals surface area (Å²) < 4.78 is 6.76. The highest BCUT2D eigenvalue weighted by Crippen LogP contribution is 2.66. The molecule has 0 amide bonds. The van der Waals surface area contributed by atoms with Crippen molar-refractivity contribution in [3.05, 3.63) is 72.8 Å². The number of ether oxygens (including phenoxy) is 1. The molecule has 2 nitrogen and oxygen atoms in total. The summed E-state index contributed by atoms with van der Waals surface area (Å²) in [5, 5.41) is 10.7. The lowest BCUT2D eigenvalue weighted by Crippen LogP contribution is -2.38. The minimum absolute atomic E-state index is 0.182. The van der Waals surface area contributed by atoms with E-state index in [1.165, 1.54) is 18.4 Å². The minimum Gasteiger partial charge on any atom is -0.507 e. The normalized spacial score (nSPS) is 26.5. The van der Waals surface area contributed by atoms with Crippen LogP contribution in [0.2, 0.25) is 0 Å². The van der Waals surface area contributed by atoms with Crippen molar-refractivity contribution in [1.29, 1.82) is 0 Å². The van der Waals surface area contributed by atoms with Crippen LogP contribution in [0.4, 0.5) is 0 Å². The monoisotopic (exact) mass is 402 g/mol. The smallest absolute Gasteiger partial charge is 0.127 e. The molecule has 0 saturated heterocycles. The first-order valence-corrected chi connectivity index (χ1v) is 11.1. The van der Waals surface area contributed by atoms with Crippen LogP contribution in [-0.4, -0.2) is 11.2 Å². The fourth-order valence-electron chi connectivity index (χ4n) is 5.74. The van der Waals surface area contributed by atoms with Gasteiger partial charge in [0.15, 0.2) is 0 Å². The standard InChI is InChI=1S/C28H34O2/c1-6-8-19-10-12-24(29)22(16-19)23-17-20(9-7-2)11-13-25(23)30-26-18-21-14-15-28(26,5)27(21,3)4/h6-7,10-13,16-17,21,26,29H,1-2,8-9,14-15,18H2,3-5H3/t21?,26-,28?/m1/s1. The molecule has 3 atom stereocenters. The van der Waals surface area contributed by atoms with Crippen molar-refractivity contribution in [2.45, 2.75) is 59.0 Å². The number of aromatic hydroxyl groups is 1. The molecule has 0 heterocycles. The van der Waals surface area contributed by atoms with Gasteiger partial charge in [0.2, 0.25) is 0 Å². The molecule has 0 aromatic heterocycles. The van der Waals surface area contributed by atoms with Crippen LogP contribution in [0.25, 0.3) is 11.1 Å². The van der Waals surface area contributed by atoms with Crippen LogP contribution in [-0.2, 0) is 12.8 Å². The predicted octanol–water partition coefficient (Wildman–Crippen LogP) is 7.11. The molecule has 158 valence electrons. The fourth-order valence-corrected chi connectivity index (χ4v) is 5.74. The molecule has 2 aromatic carbocycles. The Morgan fingerprint density at radius 1 is 1.00 bits per heavy atom. The second kappa shape index (κ2) is 7.65. The van der Waals surface area contributed by atoms with E-state index in [0.717, 1.165) is 47.6 Å². The third kappa shape index (κ3) is 3.27. The number of hydrogen-bond acceptors (Lipinski definition) is 2. The van der Waals surface area contributed by atoms with E-state index in [0.29, 0.717) is 5.41 Å². The fraction of sp³-hybridized carbons (Fsp3) is 0.429. The number of rotatable bonds is 7. The van der Waals surface area contributed by atoms with E-state index in [1.54, 1.807) is 6.07 Å². The molecule has 1 N–H and O–H groups in total. The van der Waals surface area contributed by atoms with Crippen molar-refractivity contribution in [3.63, 3.8) is 0 Å². The lowest BCUT2D eigenvalue weighted by atomic mass is 9.70. The topological polar surface area (TPSA) is 29.5 Å². The van der Waals surface area contributed by atoms with Crippen molar-refractivity contribution in [1.82, 2.24) is 0 Å². The van der Waals surface area contributed by atoms with Gasteiger partial charge in [-0.15, -0.1) is 13.2 Å². The van der Waals surface area contributed by atoms with E-state index in [1.807, 2.05) is 18.2 Å². The maximum Gasteiger partial charge on any atom is 0.127 e. The third-order valence-corrected chi connectivity index (χ3v) is 8.14. The van der Waals surface area contributed by atoms with Gasteiger partial charge >= 0.3 is 0 Å². The SMILES string of the molecule is C=CCc1ccc(O)c(-c2cc(CC=C)ccc2O[C@@H]2CC3CCC2(C)C3(C)C)c1. The van der Waals surface area contributed by atoms with Gasteiger partial charge < -0.3 is 9.84 Å². The number of fused-ring (bicyclic) bond motifs is 2. The van der Waals surface area contributed by atoms with E-state index in [4.69, 9.17) is 4.74 Å². The molecule has 4 rings (SSSR count). The summed E-state index contributed by atoms with van der Waals surface area (Å²) in [6.07, 6.45) is 9.20. The number of benzene rings is 2. The van der Waals surface area contributed by atoms with Crippen LogP contribution < -0.4 is 4.74 Å². The number of allylic oxidation sites excluding steroid dienone is 2. The average Bonchev–Trinajstić information content (AvgIpc) is 3.04. The summed E-state index contributed by atoms with van der Waals surface area (Å²) in [4.78, 5) is 0. The molecule has 2 heteroatoms. The summed E-state index contributed by atoms with van der Waals surface area (Å²) in [5.41, 5.74) is 4.56. The number of phenolic OH excluding ortho intramolecular Hbond substituents is 1. The number of hydrogen-bond donors (Lipinski definition) is 1. The van der Waals surface area contributed by atoms with Crippen LogP contribution >= 0.6 is 0 Å². The van der Waals surface area contributed by atoms with Crippen molar-refractivity contribution < 1.29 is 9.84 Å². The van der Waals surface area contributed by atoms with Gasteiger partial charge in [0.05, 0.1) is 0 Å². The Morgan fingerprint density at radius 2 is 1.63 bits per heavy atom. The highest BCUT2D eigenvalue weighted by molar-refractivity contribution is 5.77. The molecule has 2 fully saturated rings. The predicted molar refractivity (Wildman–Crippen MR) is 125 cm³/mol. The number of phenols is 1. The third-order valence-electron chi connectivity index (χ3n) is 8.14. The van der Waals surface area contributed by atoms with Crippen molar-refractivity contribution in [2.75, 3.05) is 0 Å². The summed E-state index contributed by atoms with van der Waals surface area (Å²) in [6, 6.07) is 12.1. The van der Waals surface area contributed by atoms with E-state index >= 15 is 0 Å². The van der Waals surface area contributed by atoms with Gasteiger partial charge in [0.25, 0.3) is 0 Å². The molecule has 2 aliphatic rings. The van der Waals surface area contributed by atoms with Crippen molar-refractivity contribution in [2.24, 2.45) is 16.7 Å². The van der Waals surface area contributed by atoms with Gasteiger partial charge in [0.1, 0.15) is 17.6 Å².